The van der Waals surface area contributed by atoms with Crippen LogP contribution in [0.25, 0.3) is 0 Å². The molecule has 1 fully saturated rings. The van der Waals surface area contributed by atoms with E-state index in [4.69, 9.17) is 9.47 Å². The molecule has 0 aliphatic carbocycles. The van der Waals surface area contributed by atoms with Crippen LogP contribution in [0, 0.1) is 0 Å². The van der Waals surface area contributed by atoms with Gasteiger partial charge in [-0.2, -0.15) is 0 Å². The number of hydrogen-bond acceptors (Lipinski definition) is 2. The molecule has 2 heteroatoms. The summed E-state index contributed by atoms with van der Waals surface area (Å²) in [5.74, 6) is 0. The Balaban J connectivity index is 2.22. The molecule has 1 aliphatic heterocycles. The quantitative estimate of drug-likeness (QED) is 0.661. The van der Waals surface area contributed by atoms with Gasteiger partial charge in [0.15, 0.2) is 6.29 Å². The number of rotatable bonds is 5. The lowest BCUT2D eigenvalue weighted by Gasteiger charge is -2.23. The largest absolute Gasteiger partial charge is 0.353 e. The molecule has 1 rings (SSSR count). The Kier molecular flexibility index (Phi) is 5.78. The Labute approximate surface area is 99.3 Å². The summed E-state index contributed by atoms with van der Waals surface area (Å²) < 4.78 is 11.2. The molecule has 0 saturated carbocycles. The van der Waals surface area contributed by atoms with E-state index in [1.807, 2.05) is 0 Å². The summed E-state index contributed by atoms with van der Waals surface area (Å²) in [5, 5.41) is 0. The molecule has 0 radical (unpaired) electrons. The van der Waals surface area contributed by atoms with Crippen molar-refractivity contribution in [3.8, 4) is 0 Å². The average Bonchev–Trinajstić information content (AvgIpc) is 2.27. The summed E-state index contributed by atoms with van der Waals surface area (Å²) in [6.45, 7) is 11.9. The van der Waals surface area contributed by atoms with Gasteiger partial charge in [-0.05, 0) is 52.0 Å². The van der Waals surface area contributed by atoms with Crippen LogP contribution in [0.4, 0.5) is 0 Å². The summed E-state index contributed by atoms with van der Waals surface area (Å²) in [7, 11) is 0. The Morgan fingerprint density at radius 2 is 2.06 bits per heavy atom. The van der Waals surface area contributed by atoms with E-state index in [-0.39, 0.29) is 6.29 Å². The van der Waals surface area contributed by atoms with Gasteiger partial charge in [-0.1, -0.05) is 17.7 Å². The first-order valence-corrected chi connectivity index (χ1v) is 6.12. The lowest BCUT2D eigenvalue weighted by Crippen LogP contribution is -2.23. The van der Waals surface area contributed by atoms with Crippen LogP contribution < -0.4 is 0 Å². The number of ether oxygens (including phenoxy) is 2. The first-order valence-electron chi connectivity index (χ1n) is 6.12. The zero-order valence-corrected chi connectivity index (χ0v) is 10.8. The Morgan fingerprint density at radius 1 is 1.31 bits per heavy atom. The van der Waals surface area contributed by atoms with Gasteiger partial charge in [0.25, 0.3) is 0 Å². The summed E-state index contributed by atoms with van der Waals surface area (Å²) in [5.41, 5.74) is 3.89. The van der Waals surface area contributed by atoms with Crippen molar-refractivity contribution in [2.45, 2.75) is 52.7 Å². The van der Waals surface area contributed by atoms with Crippen molar-refractivity contribution in [1.29, 1.82) is 0 Å². The molecule has 0 aromatic rings. The molecule has 92 valence electrons. The van der Waals surface area contributed by atoms with E-state index in [1.165, 1.54) is 17.6 Å². The third-order valence-electron chi connectivity index (χ3n) is 2.98. The molecule has 1 aliphatic rings. The third kappa shape index (κ3) is 4.95. The molecular weight excluding hydrogens is 200 g/mol. The SMILES string of the molecule is C=C(COC1CCCCO1)CC(C)=C(C)C. The highest BCUT2D eigenvalue weighted by atomic mass is 16.7. The van der Waals surface area contributed by atoms with Gasteiger partial charge in [-0.25, -0.2) is 0 Å². The maximum Gasteiger partial charge on any atom is 0.158 e. The first kappa shape index (κ1) is 13.5. The maximum absolute atomic E-state index is 5.68. The van der Waals surface area contributed by atoms with Crippen LogP contribution in [0.1, 0.15) is 46.5 Å². The molecule has 0 amide bonds. The smallest absolute Gasteiger partial charge is 0.158 e. The highest BCUT2D eigenvalue weighted by Gasteiger charge is 2.14. The minimum absolute atomic E-state index is 0.00231. The Bertz CT molecular complexity index is 256. The predicted octanol–water partition coefficient (Wildman–Crippen LogP) is 3.83. The molecule has 0 aromatic heterocycles. The first-order chi connectivity index (χ1) is 7.59. The Morgan fingerprint density at radius 3 is 2.62 bits per heavy atom. The van der Waals surface area contributed by atoms with Gasteiger partial charge in [0.1, 0.15) is 0 Å². The van der Waals surface area contributed by atoms with E-state index in [0.717, 1.165) is 31.4 Å². The van der Waals surface area contributed by atoms with Crippen LogP contribution >= 0.6 is 0 Å². The molecule has 0 spiro atoms. The normalized spacial score (nSPS) is 20.6. The molecule has 1 unspecified atom stereocenters. The third-order valence-corrected chi connectivity index (χ3v) is 2.98. The number of hydrogen-bond donors (Lipinski definition) is 0. The lowest BCUT2D eigenvalue weighted by molar-refractivity contribution is -0.157. The summed E-state index contributed by atoms with van der Waals surface area (Å²) in [6, 6.07) is 0. The fraction of sp³-hybridized carbons (Fsp3) is 0.714. The van der Waals surface area contributed by atoms with E-state index in [0.29, 0.717) is 6.61 Å². The van der Waals surface area contributed by atoms with E-state index < -0.39 is 0 Å². The van der Waals surface area contributed by atoms with Crippen molar-refractivity contribution in [3.63, 3.8) is 0 Å². The average molecular weight is 224 g/mol. The van der Waals surface area contributed by atoms with Crippen molar-refractivity contribution in [1.82, 2.24) is 0 Å². The van der Waals surface area contributed by atoms with E-state index >= 15 is 0 Å². The van der Waals surface area contributed by atoms with Gasteiger partial charge >= 0.3 is 0 Å². The van der Waals surface area contributed by atoms with E-state index in [1.54, 1.807) is 0 Å². The second-order valence-corrected chi connectivity index (χ2v) is 4.81. The van der Waals surface area contributed by atoms with Crippen molar-refractivity contribution >= 4 is 0 Å². The molecule has 0 N–H and O–H groups in total. The topological polar surface area (TPSA) is 18.5 Å². The van der Waals surface area contributed by atoms with Crippen molar-refractivity contribution < 1.29 is 9.47 Å². The second-order valence-electron chi connectivity index (χ2n) is 4.81. The lowest BCUT2D eigenvalue weighted by atomic mass is 10.0. The molecule has 1 saturated heterocycles. The van der Waals surface area contributed by atoms with Gasteiger partial charge in [0, 0.05) is 6.61 Å². The highest BCUT2D eigenvalue weighted by Crippen LogP contribution is 2.17. The molecule has 1 heterocycles. The molecule has 2 nitrogen and oxygen atoms in total. The van der Waals surface area contributed by atoms with E-state index in [2.05, 4.69) is 27.4 Å². The highest BCUT2D eigenvalue weighted by molar-refractivity contribution is 5.15. The van der Waals surface area contributed by atoms with Crippen LogP contribution in [0.3, 0.4) is 0 Å². The van der Waals surface area contributed by atoms with Crippen molar-refractivity contribution in [2.24, 2.45) is 0 Å². The standard InChI is InChI=1S/C14H24O2/c1-11(2)13(4)9-12(3)10-16-14-7-5-6-8-15-14/h14H,3,5-10H2,1-2,4H3. The fourth-order valence-corrected chi connectivity index (χ4v) is 1.66. The predicted molar refractivity (Wildman–Crippen MR) is 67.3 cm³/mol. The molecule has 1 atom stereocenters. The van der Waals surface area contributed by atoms with Crippen LogP contribution in [-0.2, 0) is 9.47 Å². The van der Waals surface area contributed by atoms with Crippen LogP contribution in [0.5, 0.6) is 0 Å². The molecule has 0 aromatic carbocycles. The minimum Gasteiger partial charge on any atom is -0.353 e. The maximum atomic E-state index is 5.68. The monoisotopic (exact) mass is 224 g/mol. The number of allylic oxidation sites excluding steroid dienone is 2. The fourth-order valence-electron chi connectivity index (χ4n) is 1.66. The molecular formula is C14H24O2. The molecule has 0 bridgehead atoms. The zero-order chi connectivity index (χ0) is 12.0. The molecule has 16 heavy (non-hydrogen) atoms. The van der Waals surface area contributed by atoms with Gasteiger partial charge < -0.3 is 9.47 Å². The minimum atomic E-state index is -0.00231. The zero-order valence-electron chi connectivity index (χ0n) is 10.8. The second kappa shape index (κ2) is 6.87. The van der Waals surface area contributed by atoms with Gasteiger partial charge in [-0.15, -0.1) is 0 Å². The Hall–Kier alpha value is -0.600. The van der Waals surface area contributed by atoms with E-state index in [9.17, 15) is 0 Å². The summed E-state index contributed by atoms with van der Waals surface area (Å²) in [6.07, 6.45) is 4.34. The van der Waals surface area contributed by atoms with Gasteiger partial charge in [0.2, 0.25) is 0 Å². The van der Waals surface area contributed by atoms with Gasteiger partial charge in [-0.3, -0.25) is 0 Å². The summed E-state index contributed by atoms with van der Waals surface area (Å²) >= 11 is 0. The van der Waals surface area contributed by atoms with Crippen LogP contribution in [0.15, 0.2) is 23.3 Å². The van der Waals surface area contributed by atoms with Crippen LogP contribution in [-0.4, -0.2) is 19.5 Å². The van der Waals surface area contributed by atoms with Crippen molar-refractivity contribution in [3.05, 3.63) is 23.3 Å². The van der Waals surface area contributed by atoms with Gasteiger partial charge in [0.05, 0.1) is 6.61 Å². The van der Waals surface area contributed by atoms with Crippen molar-refractivity contribution in [2.75, 3.05) is 13.2 Å². The van der Waals surface area contributed by atoms with Crippen LogP contribution in [0.2, 0.25) is 0 Å². The summed E-state index contributed by atoms with van der Waals surface area (Å²) in [4.78, 5) is 0.